The maximum Gasteiger partial charge on any atom is 0.417 e. The van der Waals surface area contributed by atoms with Crippen LogP contribution in [0.5, 0.6) is 23.3 Å². The number of nitrogens with zero attached hydrogens (tertiary/aromatic N) is 6. The van der Waals surface area contributed by atoms with E-state index in [9.17, 15) is 35.9 Å². The quantitative estimate of drug-likeness (QED) is 0.130. The Morgan fingerprint density at radius 1 is 0.545 bits per heavy atom. The number of carbonyl (C=O) groups excluding carboxylic acids is 2. The van der Waals surface area contributed by atoms with Crippen molar-refractivity contribution in [2.24, 2.45) is 11.8 Å². The van der Waals surface area contributed by atoms with Crippen LogP contribution in [0.2, 0.25) is 0 Å². The van der Waals surface area contributed by atoms with Gasteiger partial charge in [-0.05, 0) is 122 Å². The number of pyridine rings is 4. The van der Waals surface area contributed by atoms with Crippen molar-refractivity contribution in [3.05, 3.63) is 156 Å². The lowest BCUT2D eigenvalue weighted by Gasteiger charge is -2.32. The van der Waals surface area contributed by atoms with Crippen molar-refractivity contribution in [3.8, 4) is 23.3 Å². The van der Waals surface area contributed by atoms with Crippen LogP contribution in [-0.2, 0) is 25.2 Å². The smallest absolute Gasteiger partial charge is 0.417 e. The number of piperidine rings is 2. The van der Waals surface area contributed by atoms with E-state index in [1.54, 1.807) is 71.0 Å². The van der Waals surface area contributed by atoms with Crippen LogP contribution >= 0.6 is 0 Å². The summed E-state index contributed by atoms with van der Waals surface area (Å²) in [5.41, 5.74) is 1.84. The van der Waals surface area contributed by atoms with Crippen molar-refractivity contribution in [1.82, 2.24) is 29.7 Å². The molecule has 0 saturated carbocycles. The van der Waals surface area contributed by atoms with E-state index in [1.807, 2.05) is 36.4 Å². The van der Waals surface area contributed by atoms with Crippen molar-refractivity contribution in [2.45, 2.75) is 50.9 Å². The third-order valence-electron chi connectivity index (χ3n) is 11.0. The largest absolute Gasteiger partial charge is 0.439 e. The van der Waals surface area contributed by atoms with E-state index in [4.69, 9.17) is 9.47 Å². The van der Waals surface area contributed by atoms with Gasteiger partial charge in [-0.2, -0.15) is 26.3 Å². The Morgan fingerprint density at radius 2 is 0.955 bits per heavy atom. The van der Waals surface area contributed by atoms with Crippen LogP contribution in [0.15, 0.2) is 134 Å². The highest BCUT2D eigenvalue weighted by Gasteiger charge is 2.32. The van der Waals surface area contributed by atoms with E-state index in [-0.39, 0.29) is 23.8 Å². The molecule has 0 atom stereocenters. The molecule has 0 aliphatic carbocycles. The molecular weight excluding hydrogens is 867 g/mol. The fourth-order valence-electron chi connectivity index (χ4n) is 7.56. The number of nitrogens with one attached hydrogen (secondary N) is 2. The molecule has 2 aliphatic rings. The fraction of sp³-hybridized carbons (Fsp3) is 0.292. The molecule has 6 aromatic rings. The number of amides is 4. The lowest BCUT2D eigenvalue weighted by molar-refractivity contribution is -0.138. The van der Waals surface area contributed by atoms with Crippen LogP contribution in [0.3, 0.4) is 0 Å². The highest BCUT2D eigenvalue weighted by atomic mass is 19.4. The summed E-state index contributed by atoms with van der Waals surface area (Å²) in [6.07, 6.45) is 4.37. The topological polar surface area (TPSA) is 135 Å². The number of rotatable bonds is 10. The molecule has 2 saturated heterocycles. The summed E-state index contributed by atoms with van der Waals surface area (Å²) in [5.74, 6) is 2.10. The zero-order chi connectivity index (χ0) is 46.5. The third kappa shape index (κ3) is 13.9. The molecular formula is C48H46F6N8O4. The van der Waals surface area contributed by atoms with Gasteiger partial charge < -0.3 is 29.9 Å². The number of aromatic nitrogens is 4. The zero-order valence-corrected chi connectivity index (χ0v) is 35.5. The summed E-state index contributed by atoms with van der Waals surface area (Å²) < 4.78 is 87.4. The molecule has 344 valence electrons. The first-order chi connectivity index (χ1) is 31.7. The number of likely N-dealkylation sites (tertiary alicyclic amines) is 2. The van der Waals surface area contributed by atoms with Gasteiger partial charge in [0, 0.05) is 63.1 Å². The summed E-state index contributed by atoms with van der Waals surface area (Å²) in [7, 11) is 0. The second kappa shape index (κ2) is 21.6. The van der Waals surface area contributed by atoms with Crippen molar-refractivity contribution in [1.29, 1.82) is 0 Å². The lowest BCUT2D eigenvalue weighted by Crippen LogP contribution is -2.41. The minimum atomic E-state index is -4.43. The number of hydrogen-bond donors (Lipinski definition) is 2. The third-order valence-corrected chi connectivity index (χ3v) is 11.0. The number of carbonyl (C=O) groups is 2. The monoisotopic (exact) mass is 912 g/mol. The molecule has 0 radical (unpaired) electrons. The van der Waals surface area contributed by atoms with E-state index in [2.05, 4.69) is 30.6 Å². The average Bonchev–Trinajstić information content (AvgIpc) is 3.30. The predicted octanol–water partition coefficient (Wildman–Crippen LogP) is 11.5. The normalized spacial score (nSPS) is 14.7. The minimum Gasteiger partial charge on any atom is -0.439 e. The Labute approximate surface area is 377 Å². The number of alkyl halides is 6. The molecule has 66 heavy (non-hydrogen) atoms. The molecule has 2 fully saturated rings. The molecule has 18 heteroatoms. The van der Waals surface area contributed by atoms with Crippen LogP contribution in [0, 0.1) is 11.8 Å². The zero-order valence-electron chi connectivity index (χ0n) is 35.5. The maximum atomic E-state index is 12.7. The Bertz CT molecular complexity index is 2310. The van der Waals surface area contributed by atoms with Crippen molar-refractivity contribution in [2.75, 3.05) is 36.8 Å². The van der Waals surface area contributed by atoms with Crippen LogP contribution in [-0.4, -0.2) is 68.0 Å². The van der Waals surface area contributed by atoms with Crippen LogP contribution in [0.25, 0.3) is 0 Å². The van der Waals surface area contributed by atoms with E-state index in [0.29, 0.717) is 60.9 Å². The first kappa shape index (κ1) is 46.7. The Morgan fingerprint density at radius 3 is 1.29 bits per heavy atom. The first-order valence-corrected chi connectivity index (χ1v) is 21.3. The van der Waals surface area contributed by atoms with Gasteiger partial charge in [-0.3, -0.25) is 9.97 Å². The van der Waals surface area contributed by atoms with E-state index in [0.717, 1.165) is 74.2 Å². The number of benzene rings is 2. The number of ether oxygens (including phenoxy) is 2. The summed E-state index contributed by atoms with van der Waals surface area (Å²) in [4.78, 5) is 44.0. The van der Waals surface area contributed by atoms with Crippen molar-refractivity contribution < 1.29 is 45.4 Å². The van der Waals surface area contributed by atoms with Crippen LogP contribution in [0.1, 0.15) is 47.9 Å². The van der Waals surface area contributed by atoms with Crippen LogP contribution in [0.4, 0.5) is 47.3 Å². The highest BCUT2D eigenvalue weighted by molar-refractivity contribution is 5.89. The van der Waals surface area contributed by atoms with Gasteiger partial charge in [0.25, 0.3) is 0 Å². The van der Waals surface area contributed by atoms with Gasteiger partial charge in [-0.15, -0.1) is 0 Å². The van der Waals surface area contributed by atoms with Gasteiger partial charge in [0.05, 0.1) is 34.9 Å². The van der Waals surface area contributed by atoms with Gasteiger partial charge in [-0.25, -0.2) is 19.6 Å². The predicted molar refractivity (Wildman–Crippen MR) is 234 cm³/mol. The van der Waals surface area contributed by atoms with E-state index < -0.39 is 23.5 Å². The molecule has 12 nitrogen and oxygen atoms in total. The number of hydrogen-bond acceptors (Lipinski definition) is 8. The van der Waals surface area contributed by atoms with Crippen LogP contribution < -0.4 is 20.1 Å². The van der Waals surface area contributed by atoms with E-state index in [1.165, 1.54) is 12.1 Å². The molecule has 6 heterocycles. The summed E-state index contributed by atoms with van der Waals surface area (Å²) >= 11 is 0. The van der Waals surface area contributed by atoms with Gasteiger partial charge in [0.2, 0.25) is 11.8 Å². The average molecular weight is 913 g/mol. The molecule has 8 rings (SSSR count). The number of halogens is 6. The van der Waals surface area contributed by atoms with Gasteiger partial charge in [0.15, 0.2) is 0 Å². The number of anilines is 2. The second-order valence-electron chi connectivity index (χ2n) is 15.9. The first-order valence-electron chi connectivity index (χ1n) is 21.3. The van der Waals surface area contributed by atoms with Crippen molar-refractivity contribution >= 4 is 23.4 Å². The standard InChI is InChI=1S/2C24H23F3N4O2/c2*25-24(26,27)19-6-7-22(29-15-19)33-21-5-1-3-18(14-21)13-17-8-11-31(12-9-17)23(32)30-20-4-2-10-28-16-20/h2*1-7,10,14-17H,8-9,11-13H2,(H,30,32). The SMILES string of the molecule is O=C(Nc1cccnc1)N1CCC(Cc2cccc(Oc3ccc(C(F)(F)F)cn3)c2)CC1.O=C(Nc1cccnc1)N1CCC(Cc2cccc(Oc3ccc(C(F)(F)F)cn3)c2)CC1. The molecule has 2 aromatic carbocycles. The van der Waals surface area contributed by atoms with Gasteiger partial charge >= 0.3 is 24.4 Å². The number of urea groups is 2. The van der Waals surface area contributed by atoms with E-state index >= 15 is 0 Å². The second-order valence-corrected chi connectivity index (χ2v) is 15.9. The minimum absolute atomic E-state index is 0.105. The Kier molecular flexibility index (Phi) is 15.3. The maximum absolute atomic E-state index is 12.7. The molecule has 4 aromatic heterocycles. The molecule has 2 N–H and O–H groups in total. The molecule has 4 amide bonds. The Balaban J connectivity index is 0.000000196. The Hall–Kier alpha value is -7.24. The lowest BCUT2D eigenvalue weighted by atomic mass is 9.90. The molecule has 0 unspecified atom stereocenters. The summed E-state index contributed by atoms with van der Waals surface area (Å²) in [6, 6.07) is 26.1. The fourth-order valence-corrected chi connectivity index (χ4v) is 7.56. The highest BCUT2D eigenvalue weighted by Crippen LogP contribution is 2.33. The van der Waals surface area contributed by atoms with Crippen molar-refractivity contribution in [3.63, 3.8) is 0 Å². The summed E-state index contributed by atoms with van der Waals surface area (Å²) in [6.45, 7) is 2.68. The van der Waals surface area contributed by atoms with Gasteiger partial charge in [0.1, 0.15) is 11.5 Å². The molecule has 2 aliphatic heterocycles. The molecule has 0 spiro atoms. The summed E-state index contributed by atoms with van der Waals surface area (Å²) in [5, 5.41) is 5.72. The molecule has 0 bridgehead atoms. The van der Waals surface area contributed by atoms with Gasteiger partial charge in [-0.1, -0.05) is 24.3 Å².